The largest absolute Gasteiger partial charge is 0.444 e. The maximum Gasteiger partial charge on any atom is 0.231 e. The van der Waals surface area contributed by atoms with Gasteiger partial charge in [-0.1, -0.05) is 43.0 Å². The number of allylic oxidation sites excluding steroid dienone is 3. The first-order valence-corrected chi connectivity index (χ1v) is 9.77. The summed E-state index contributed by atoms with van der Waals surface area (Å²) in [6.45, 7) is 14.3. The number of hydrogen-bond acceptors (Lipinski definition) is 6. The Morgan fingerprint density at radius 2 is 1.87 bits per heavy atom. The van der Waals surface area contributed by atoms with Crippen molar-refractivity contribution in [3.63, 3.8) is 0 Å². The Balaban J connectivity index is 0.000000368. The van der Waals surface area contributed by atoms with Crippen LogP contribution < -0.4 is 5.32 Å². The lowest BCUT2D eigenvalue weighted by Gasteiger charge is -2.10. The van der Waals surface area contributed by atoms with Crippen molar-refractivity contribution in [2.45, 2.75) is 34.0 Å². The van der Waals surface area contributed by atoms with Crippen LogP contribution in [0.4, 0.5) is 5.82 Å². The first-order valence-electron chi connectivity index (χ1n) is 9.77. The highest BCUT2D eigenvalue weighted by Gasteiger charge is 2.20. The molecule has 0 radical (unpaired) electrons. The van der Waals surface area contributed by atoms with Crippen molar-refractivity contribution >= 4 is 5.82 Å². The van der Waals surface area contributed by atoms with Gasteiger partial charge in [0.25, 0.3) is 0 Å². The highest BCUT2D eigenvalue weighted by atomic mass is 16.5. The van der Waals surface area contributed by atoms with Crippen molar-refractivity contribution in [3.05, 3.63) is 84.9 Å². The van der Waals surface area contributed by atoms with Gasteiger partial charge in [0.2, 0.25) is 5.89 Å². The third-order valence-electron chi connectivity index (χ3n) is 4.08. The maximum absolute atomic E-state index is 8.39. The number of aryl methyl sites for hydroxylation is 2. The molecule has 0 spiro atoms. The number of nitrogens with zero attached hydrogens (tertiary/aromatic N) is 3. The van der Waals surface area contributed by atoms with Crippen LogP contribution in [0.3, 0.4) is 0 Å². The van der Waals surface area contributed by atoms with Gasteiger partial charge in [-0.05, 0) is 44.9 Å². The minimum atomic E-state index is -1.34. The van der Waals surface area contributed by atoms with E-state index in [1.54, 1.807) is 31.5 Å². The van der Waals surface area contributed by atoms with Gasteiger partial charge >= 0.3 is 0 Å². The van der Waals surface area contributed by atoms with Crippen LogP contribution in [0.15, 0.2) is 78.1 Å². The van der Waals surface area contributed by atoms with Crippen LogP contribution in [-0.4, -0.2) is 38.3 Å². The fourth-order valence-electron chi connectivity index (χ4n) is 2.61. The molecule has 7 heteroatoms. The third kappa shape index (κ3) is 7.09. The van der Waals surface area contributed by atoms with E-state index in [1.807, 2.05) is 43.8 Å². The molecule has 0 aliphatic heterocycles. The van der Waals surface area contributed by atoms with Crippen LogP contribution >= 0.6 is 0 Å². The minimum absolute atomic E-state index is 0.500. The third-order valence-corrected chi connectivity index (χ3v) is 4.08. The highest BCUT2D eigenvalue weighted by Crippen LogP contribution is 2.32. The molecule has 31 heavy (non-hydrogen) atoms. The lowest BCUT2D eigenvalue weighted by molar-refractivity contribution is -0.00760. The molecule has 1 aromatic carbocycles. The Bertz CT molecular complexity index is 986. The Kier molecular flexibility index (Phi) is 10.7. The molecule has 0 aliphatic rings. The Morgan fingerprint density at radius 1 is 1.23 bits per heavy atom. The lowest BCUT2D eigenvalue weighted by Crippen LogP contribution is -2.04. The van der Waals surface area contributed by atoms with E-state index in [9.17, 15) is 0 Å². The van der Waals surface area contributed by atoms with E-state index in [4.69, 9.17) is 14.6 Å². The zero-order valence-electron chi connectivity index (χ0n) is 18.8. The van der Waals surface area contributed by atoms with Crippen molar-refractivity contribution in [1.29, 1.82) is 0 Å². The van der Waals surface area contributed by atoms with Gasteiger partial charge < -0.3 is 19.9 Å². The Morgan fingerprint density at radius 3 is 2.32 bits per heavy atom. The number of benzene rings is 1. The summed E-state index contributed by atoms with van der Waals surface area (Å²) >= 11 is 0. The van der Waals surface area contributed by atoms with Gasteiger partial charge in [0.05, 0.1) is 17.6 Å². The second-order valence-corrected chi connectivity index (χ2v) is 6.52. The van der Waals surface area contributed by atoms with Crippen LogP contribution in [0.1, 0.15) is 25.1 Å². The fourth-order valence-corrected chi connectivity index (χ4v) is 2.61. The number of rotatable bonds is 5. The number of oxazole rings is 1. The van der Waals surface area contributed by atoms with Crippen LogP contribution in [0.25, 0.3) is 17.1 Å². The normalized spacial score (nSPS) is 10.5. The predicted octanol–water partition coefficient (Wildman–Crippen LogP) is 4.81. The second kappa shape index (κ2) is 13.0. The molecule has 7 nitrogen and oxygen atoms in total. The zero-order chi connectivity index (χ0) is 23.4. The molecule has 0 saturated heterocycles. The fraction of sp³-hybridized carbons (Fsp3) is 0.250. The van der Waals surface area contributed by atoms with Crippen molar-refractivity contribution in [2.75, 3.05) is 12.4 Å². The second-order valence-electron chi connectivity index (χ2n) is 6.52. The summed E-state index contributed by atoms with van der Waals surface area (Å²) in [4.78, 5) is 4.23. The molecule has 166 valence electrons. The van der Waals surface area contributed by atoms with Gasteiger partial charge in [-0.3, -0.25) is 0 Å². The smallest absolute Gasteiger partial charge is 0.231 e. The van der Waals surface area contributed by atoms with Crippen LogP contribution in [0.2, 0.25) is 0 Å². The molecule has 3 aromatic rings. The van der Waals surface area contributed by atoms with E-state index in [-0.39, 0.29) is 0 Å². The molecule has 2 aromatic heterocycles. The number of aromatic nitrogens is 3. The molecule has 3 rings (SSSR count). The van der Waals surface area contributed by atoms with E-state index >= 15 is 0 Å². The molecule has 0 amide bonds. The van der Waals surface area contributed by atoms with Crippen LogP contribution in [0, 0.1) is 13.8 Å². The minimum Gasteiger partial charge on any atom is -0.444 e. The summed E-state index contributed by atoms with van der Waals surface area (Å²) in [5.74, 6) is 1.45. The zero-order valence-corrected chi connectivity index (χ0v) is 18.8. The van der Waals surface area contributed by atoms with Crippen molar-refractivity contribution in [3.8, 4) is 17.1 Å². The lowest BCUT2D eigenvalue weighted by atomic mass is 10.2. The molecule has 3 N–H and O–H groups in total. The van der Waals surface area contributed by atoms with Crippen LogP contribution in [0.5, 0.6) is 0 Å². The summed E-state index contributed by atoms with van der Waals surface area (Å²) in [6, 6.07) is 8.13. The molecule has 0 bridgehead atoms. The predicted molar refractivity (Wildman–Crippen MR) is 126 cm³/mol. The summed E-state index contributed by atoms with van der Waals surface area (Å²) in [5.41, 5.74) is 4.46. The quantitative estimate of drug-likeness (QED) is 0.309. The summed E-state index contributed by atoms with van der Waals surface area (Å²) in [6.07, 6.45) is 6.67. The van der Waals surface area contributed by atoms with Crippen molar-refractivity contribution < 1.29 is 14.6 Å². The summed E-state index contributed by atoms with van der Waals surface area (Å²) < 4.78 is 7.31. The monoisotopic (exact) mass is 424 g/mol. The molecule has 0 aliphatic carbocycles. The molecular formula is C24H32N4O3. The molecule has 0 unspecified atom stereocenters. The van der Waals surface area contributed by atoms with Gasteiger partial charge in [0, 0.05) is 7.05 Å². The first kappa shape index (κ1) is 25.6. The number of para-hydroxylation sites is 1. The first-order chi connectivity index (χ1) is 14.8. The molecule has 0 fully saturated rings. The molecule has 0 atom stereocenters. The van der Waals surface area contributed by atoms with Crippen molar-refractivity contribution in [2.24, 2.45) is 0 Å². The highest BCUT2D eigenvalue weighted by molar-refractivity contribution is 5.74. The standard InChI is InChI=1S/C15H16N4O.C6H10O2.C3H6/c1-10-6-4-5-7-12(10)19-14(16-3)13(11(2)18-19)15-17-8-9-20-15;1-3-4-5(2)6(7)8;1-3-2/h4-9,16H,1-3H3;3-4,6-8H,1H2,2H3;3H,1H2,2H3/b;5-4+;. The number of anilines is 1. The Labute approximate surface area is 184 Å². The van der Waals surface area contributed by atoms with Gasteiger partial charge in [-0.2, -0.15) is 5.10 Å². The summed E-state index contributed by atoms with van der Waals surface area (Å²) in [5, 5.41) is 24.6. The van der Waals surface area contributed by atoms with Crippen molar-refractivity contribution in [1.82, 2.24) is 14.8 Å². The average molecular weight is 425 g/mol. The SMILES string of the molecule is C=C/C=C(\C)C(O)O.C=CC.CNc1c(-c2ncco2)c(C)nn1-c1ccccc1C. The number of hydrogen-bond donors (Lipinski definition) is 3. The number of aliphatic hydroxyl groups excluding tert-OH is 1. The van der Waals surface area contributed by atoms with Gasteiger partial charge in [-0.25, -0.2) is 9.67 Å². The molecule has 0 saturated carbocycles. The Hall–Kier alpha value is -3.42. The van der Waals surface area contributed by atoms with E-state index < -0.39 is 6.29 Å². The average Bonchev–Trinajstić information content (AvgIpc) is 3.36. The van der Waals surface area contributed by atoms with Gasteiger partial charge in [-0.15, -0.1) is 6.58 Å². The number of aliphatic hydroxyl groups is 2. The number of nitrogens with one attached hydrogen (secondary N) is 1. The van der Waals surface area contributed by atoms with E-state index in [1.165, 1.54) is 6.08 Å². The maximum atomic E-state index is 8.39. The van der Waals surface area contributed by atoms with Gasteiger partial charge in [0.15, 0.2) is 6.29 Å². The topological polar surface area (TPSA) is 96.3 Å². The van der Waals surface area contributed by atoms with E-state index in [2.05, 4.69) is 41.5 Å². The van der Waals surface area contributed by atoms with E-state index in [0.29, 0.717) is 11.5 Å². The van der Waals surface area contributed by atoms with E-state index in [0.717, 1.165) is 28.3 Å². The van der Waals surface area contributed by atoms with Crippen LogP contribution in [-0.2, 0) is 0 Å². The van der Waals surface area contributed by atoms with Gasteiger partial charge in [0.1, 0.15) is 17.6 Å². The molecular weight excluding hydrogens is 392 g/mol. The molecule has 2 heterocycles. The summed E-state index contributed by atoms with van der Waals surface area (Å²) in [7, 11) is 1.87.